The maximum atomic E-state index is 14.0. The highest BCUT2D eigenvalue weighted by molar-refractivity contribution is 5.94. The first-order chi connectivity index (χ1) is 11.5. The van der Waals surface area contributed by atoms with Crippen LogP contribution in [0, 0.1) is 11.7 Å². The lowest BCUT2D eigenvalue weighted by Crippen LogP contribution is -2.56. The minimum absolute atomic E-state index is 0.141. The number of hydrogen-bond donors (Lipinski definition) is 0. The highest BCUT2D eigenvalue weighted by Gasteiger charge is 2.48. The molecule has 1 aliphatic carbocycles. The molecular formula is C19H26FNO3. The second-order valence-corrected chi connectivity index (χ2v) is 7.09. The van der Waals surface area contributed by atoms with Gasteiger partial charge >= 0.3 is 0 Å². The molecule has 1 amide bonds. The smallest absolute Gasteiger partial charge is 0.257 e. The van der Waals surface area contributed by atoms with Gasteiger partial charge in [-0.05, 0) is 38.8 Å². The molecule has 1 saturated heterocycles. The quantitative estimate of drug-likeness (QED) is 0.848. The average Bonchev–Trinajstić information content (AvgIpc) is 2.94. The highest BCUT2D eigenvalue weighted by atomic mass is 19.1. The molecular weight excluding hydrogens is 309 g/mol. The van der Waals surface area contributed by atoms with Crippen LogP contribution in [0.5, 0.6) is 0 Å². The molecule has 24 heavy (non-hydrogen) atoms. The summed E-state index contributed by atoms with van der Waals surface area (Å²) in [5.74, 6) is -0.420. The molecule has 1 aromatic carbocycles. The fourth-order valence-electron chi connectivity index (χ4n) is 3.84. The molecule has 1 spiro atoms. The van der Waals surface area contributed by atoms with Crippen molar-refractivity contribution < 1.29 is 18.7 Å². The number of halogens is 1. The molecule has 0 aromatic heterocycles. The summed E-state index contributed by atoms with van der Waals surface area (Å²) in [6.07, 6.45) is 3.24. The van der Waals surface area contributed by atoms with Crippen molar-refractivity contribution in [3.63, 3.8) is 0 Å². The molecule has 0 radical (unpaired) electrons. The Morgan fingerprint density at radius 3 is 3.00 bits per heavy atom. The third-order valence-electron chi connectivity index (χ3n) is 5.13. The first-order valence-electron chi connectivity index (χ1n) is 8.81. The van der Waals surface area contributed by atoms with Gasteiger partial charge in [-0.2, -0.15) is 0 Å². The highest BCUT2D eigenvalue weighted by Crippen LogP contribution is 2.41. The van der Waals surface area contributed by atoms with Crippen LogP contribution in [-0.2, 0) is 9.47 Å². The van der Waals surface area contributed by atoms with Crippen LogP contribution < -0.4 is 0 Å². The number of hydrogen-bond acceptors (Lipinski definition) is 3. The van der Waals surface area contributed by atoms with Gasteiger partial charge in [0.05, 0.1) is 37.0 Å². The van der Waals surface area contributed by atoms with Crippen LogP contribution in [0.2, 0.25) is 0 Å². The molecule has 2 atom stereocenters. The largest absolute Gasteiger partial charge is 0.378 e. The van der Waals surface area contributed by atoms with E-state index >= 15 is 0 Å². The summed E-state index contributed by atoms with van der Waals surface area (Å²) in [6.45, 7) is 6.23. The predicted octanol–water partition coefficient (Wildman–Crippen LogP) is 3.26. The van der Waals surface area contributed by atoms with E-state index in [0.29, 0.717) is 26.3 Å². The number of benzene rings is 1. The molecule has 1 aromatic rings. The lowest BCUT2D eigenvalue weighted by atomic mass is 9.89. The van der Waals surface area contributed by atoms with Crippen molar-refractivity contribution in [2.45, 2.75) is 44.8 Å². The van der Waals surface area contributed by atoms with Gasteiger partial charge in [0, 0.05) is 12.5 Å². The summed E-state index contributed by atoms with van der Waals surface area (Å²) in [5.41, 5.74) is -0.198. The number of morpholine rings is 1. The van der Waals surface area contributed by atoms with Crippen molar-refractivity contribution >= 4 is 5.91 Å². The number of nitrogens with zero attached hydrogens (tertiary/aromatic N) is 1. The third-order valence-corrected chi connectivity index (χ3v) is 5.13. The minimum Gasteiger partial charge on any atom is -0.378 e. The summed E-state index contributed by atoms with van der Waals surface area (Å²) in [4.78, 5) is 14.5. The van der Waals surface area contributed by atoms with Crippen molar-refractivity contribution in [2.24, 2.45) is 5.92 Å². The standard InChI is InChI=1S/C19H26FNO3/c1-14(2)23-12-15-6-5-9-19(15)13-21(10-11-24-19)18(22)16-7-3-4-8-17(16)20/h3-4,7-8,14-15H,5-6,9-13H2,1-2H3/t15-,19+/m1/s1. The van der Waals surface area contributed by atoms with E-state index in [0.717, 1.165) is 19.3 Å². The molecule has 1 heterocycles. The van der Waals surface area contributed by atoms with Crippen molar-refractivity contribution in [3.05, 3.63) is 35.6 Å². The number of amides is 1. The average molecular weight is 335 g/mol. The van der Waals surface area contributed by atoms with Crippen molar-refractivity contribution in [2.75, 3.05) is 26.3 Å². The molecule has 3 rings (SSSR count). The van der Waals surface area contributed by atoms with Crippen LogP contribution in [0.3, 0.4) is 0 Å². The Morgan fingerprint density at radius 1 is 1.46 bits per heavy atom. The van der Waals surface area contributed by atoms with E-state index in [-0.39, 0.29) is 29.1 Å². The van der Waals surface area contributed by atoms with Gasteiger partial charge < -0.3 is 14.4 Å². The maximum Gasteiger partial charge on any atom is 0.257 e. The normalized spacial score (nSPS) is 27.2. The summed E-state index contributed by atoms with van der Waals surface area (Å²) < 4.78 is 25.9. The van der Waals surface area contributed by atoms with Gasteiger partial charge in [0.25, 0.3) is 5.91 Å². The fraction of sp³-hybridized carbons (Fsp3) is 0.632. The van der Waals surface area contributed by atoms with Crippen LogP contribution >= 0.6 is 0 Å². The van der Waals surface area contributed by atoms with Gasteiger partial charge in [0.15, 0.2) is 0 Å². The number of carbonyl (C=O) groups excluding carboxylic acids is 1. The molecule has 0 N–H and O–H groups in total. The molecule has 2 aliphatic rings. The topological polar surface area (TPSA) is 38.8 Å². The lowest BCUT2D eigenvalue weighted by Gasteiger charge is -2.44. The number of ether oxygens (including phenoxy) is 2. The first-order valence-corrected chi connectivity index (χ1v) is 8.81. The second-order valence-electron chi connectivity index (χ2n) is 7.09. The maximum absolute atomic E-state index is 14.0. The van der Waals surface area contributed by atoms with Gasteiger partial charge in [-0.15, -0.1) is 0 Å². The van der Waals surface area contributed by atoms with Gasteiger partial charge in [-0.1, -0.05) is 18.6 Å². The zero-order valence-corrected chi connectivity index (χ0v) is 14.5. The van der Waals surface area contributed by atoms with Gasteiger partial charge in [-0.3, -0.25) is 4.79 Å². The Balaban J connectivity index is 1.74. The molecule has 1 saturated carbocycles. The third kappa shape index (κ3) is 3.47. The SMILES string of the molecule is CC(C)OC[C@H]1CCC[C@]12CN(C(=O)c1ccccc1F)CCO2. The Bertz CT molecular complexity index is 592. The van der Waals surface area contributed by atoms with Crippen LogP contribution in [0.1, 0.15) is 43.5 Å². The molecule has 0 unspecified atom stereocenters. The monoisotopic (exact) mass is 335 g/mol. The van der Waals surface area contributed by atoms with Crippen molar-refractivity contribution in [1.29, 1.82) is 0 Å². The summed E-state index contributed by atoms with van der Waals surface area (Å²) >= 11 is 0. The van der Waals surface area contributed by atoms with Crippen LogP contribution in [0.15, 0.2) is 24.3 Å². The minimum atomic E-state index is -0.464. The van der Waals surface area contributed by atoms with E-state index in [1.54, 1.807) is 23.1 Å². The zero-order valence-electron chi connectivity index (χ0n) is 14.5. The summed E-state index contributed by atoms with van der Waals surface area (Å²) in [6, 6.07) is 6.18. The van der Waals surface area contributed by atoms with E-state index in [1.807, 2.05) is 13.8 Å². The zero-order chi connectivity index (χ0) is 17.2. The van der Waals surface area contributed by atoms with E-state index in [2.05, 4.69) is 0 Å². The van der Waals surface area contributed by atoms with Gasteiger partial charge in [0.2, 0.25) is 0 Å². The molecule has 132 valence electrons. The Kier molecular flexibility index (Phi) is 5.21. The first kappa shape index (κ1) is 17.4. The lowest BCUT2D eigenvalue weighted by molar-refractivity contribution is -0.136. The fourth-order valence-corrected chi connectivity index (χ4v) is 3.84. The number of carbonyl (C=O) groups is 1. The van der Waals surface area contributed by atoms with Crippen molar-refractivity contribution in [1.82, 2.24) is 4.90 Å². The Hall–Kier alpha value is -1.46. The molecule has 0 bridgehead atoms. The van der Waals surface area contributed by atoms with Gasteiger partial charge in [-0.25, -0.2) is 4.39 Å². The van der Waals surface area contributed by atoms with E-state index < -0.39 is 5.82 Å². The second kappa shape index (κ2) is 7.19. The predicted molar refractivity (Wildman–Crippen MR) is 89.4 cm³/mol. The molecule has 4 nitrogen and oxygen atoms in total. The molecule has 5 heteroatoms. The Labute approximate surface area is 142 Å². The van der Waals surface area contributed by atoms with Gasteiger partial charge in [0.1, 0.15) is 5.82 Å². The van der Waals surface area contributed by atoms with E-state index in [9.17, 15) is 9.18 Å². The molecule has 2 fully saturated rings. The van der Waals surface area contributed by atoms with E-state index in [1.165, 1.54) is 6.07 Å². The van der Waals surface area contributed by atoms with E-state index in [4.69, 9.17) is 9.47 Å². The summed E-state index contributed by atoms with van der Waals surface area (Å²) in [7, 11) is 0. The van der Waals surface area contributed by atoms with Crippen LogP contribution in [0.25, 0.3) is 0 Å². The number of rotatable bonds is 4. The van der Waals surface area contributed by atoms with Crippen LogP contribution in [0.4, 0.5) is 4.39 Å². The van der Waals surface area contributed by atoms with Crippen LogP contribution in [-0.4, -0.2) is 48.8 Å². The molecule has 1 aliphatic heterocycles. The summed E-state index contributed by atoms with van der Waals surface area (Å²) in [5, 5.41) is 0. The van der Waals surface area contributed by atoms with Crippen molar-refractivity contribution in [3.8, 4) is 0 Å². The Morgan fingerprint density at radius 2 is 2.25 bits per heavy atom.